The van der Waals surface area contributed by atoms with Crippen LogP contribution in [0.15, 0.2) is 48.5 Å². The highest BCUT2D eigenvalue weighted by Crippen LogP contribution is 2.22. The molecular weight excluding hydrogens is 352 g/mol. The molecule has 0 spiro atoms. The number of hydrogen-bond acceptors (Lipinski definition) is 4. The van der Waals surface area contributed by atoms with Gasteiger partial charge in [0.05, 0.1) is 19.1 Å². The van der Waals surface area contributed by atoms with E-state index in [-0.39, 0.29) is 12.5 Å². The predicted octanol–water partition coefficient (Wildman–Crippen LogP) is 2.47. The number of rotatable bonds is 7. The summed E-state index contributed by atoms with van der Waals surface area (Å²) in [4.78, 5) is 12.6. The van der Waals surface area contributed by atoms with Gasteiger partial charge in [0.1, 0.15) is 11.8 Å². The van der Waals surface area contributed by atoms with E-state index in [0.29, 0.717) is 11.4 Å². The minimum absolute atomic E-state index is 0.249. The van der Waals surface area contributed by atoms with Crippen molar-refractivity contribution in [1.82, 2.24) is 5.32 Å². The second-order valence-corrected chi connectivity index (χ2v) is 7.96. The van der Waals surface area contributed by atoms with Crippen molar-refractivity contribution in [3.05, 3.63) is 59.7 Å². The lowest BCUT2D eigenvalue weighted by molar-refractivity contribution is -0.122. The molecule has 0 fully saturated rings. The minimum atomic E-state index is -3.62. The van der Waals surface area contributed by atoms with Gasteiger partial charge in [-0.05, 0) is 32.0 Å². The summed E-state index contributed by atoms with van der Waals surface area (Å²) in [5.41, 5.74) is 2.28. The van der Waals surface area contributed by atoms with Crippen LogP contribution in [0.2, 0.25) is 0 Å². The molecule has 140 valence electrons. The van der Waals surface area contributed by atoms with Crippen LogP contribution in [0.4, 0.5) is 5.69 Å². The maximum atomic E-state index is 12.6. The quantitative estimate of drug-likeness (QED) is 0.805. The molecule has 0 aromatic heterocycles. The van der Waals surface area contributed by atoms with Crippen LogP contribution in [0.5, 0.6) is 5.75 Å². The summed E-state index contributed by atoms with van der Waals surface area (Å²) in [5.74, 6) is 0.279. The predicted molar refractivity (Wildman–Crippen MR) is 103 cm³/mol. The molecule has 0 aliphatic rings. The first kappa shape index (κ1) is 19.8. The molecule has 0 bridgehead atoms. The molecule has 0 saturated heterocycles. The monoisotopic (exact) mass is 376 g/mol. The van der Waals surface area contributed by atoms with E-state index in [9.17, 15) is 13.2 Å². The van der Waals surface area contributed by atoms with Gasteiger partial charge in [-0.1, -0.05) is 35.9 Å². The Kier molecular flexibility index (Phi) is 6.26. The number of amides is 1. The second-order valence-electron chi connectivity index (χ2n) is 6.10. The van der Waals surface area contributed by atoms with Gasteiger partial charge in [-0.3, -0.25) is 9.10 Å². The largest absolute Gasteiger partial charge is 0.496 e. The summed E-state index contributed by atoms with van der Waals surface area (Å²) in [6.07, 6.45) is 1.09. The van der Waals surface area contributed by atoms with Crippen molar-refractivity contribution in [2.45, 2.75) is 26.4 Å². The molecule has 0 heterocycles. The van der Waals surface area contributed by atoms with Gasteiger partial charge in [-0.25, -0.2) is 8.42 Å². The van der Waals surface area contributed by atoms with Crippen molar-refractivity contribution in [2.75, 3.05) is 17.7 Å². The van der Waals surface area contributed by atoms with Gasteiger partial charge >= 0.3 is 0 Å². The van der Waals surface area contributed by atoms with Crippen molar-refractivity contribution in [3.63, 3.8) is 0 Å². The smallest absolute Gasteiger partial charge is 0.243 e. The zero-order valence-corrected chi connectivity index (χ0v) is 16.2. The van der Waals surface area contributed by atoms with Gasteiger partial charge in [-0.15, -0.1) is 0 Å². The summed E-state index contributed by atoms with van der Waals surface area (Å²) in [6, 6.07) is 13.5. The van der Waals surface area contributed by atoms with Crippen LogP contribution in [0, 0.1) is 6.92 Å². The number of anilines is 1. The average molecular weight is 376 g/mol. The number of nitrogens with zero attached hydrogens (tertiary/aromatic N) is 1. The van der Waals surface area contributed by atoms with Gasteiger partial charge in [0.2, 0.25) is 15.9 Å². The van der Waals surface area contributed by atoms with E-state index in [2.05, 4.69) is 5.32 Å². The Morgan fingerprint density at radius 3 is 2.35 bits per heavy atom. The van der Waals surface area contributed by atoms with Gasteiger partial charge in [0.15, 0.2) is 0 Å². The van der Waals surface area contributed by atoms with Crippen molar-refractivity contribution >= 4 is 21.6 Å². The number of nitrogens with one attached hydrogen (secondary N) is 1. The number of methoxy groups -OCH3 is 1. The van der Waals surface area contributed by atoms with E-state index in [4.69, 9.17) is 4.74 Å². The molecule has 6 nitrogen and oxygen atoms in total. The van der Waals surface area contributed by atoms with Gasteiger partial charge < -0.3 is 10.1 Å². The van der Waals surface area contributed by atoms with Crippen molar-refractivity contribution in [3.8, 4) is 5.75 Å². The number of sulfonamides is 1. The fourth-order valence-electron chi connectivity index (χ4n) is 2.68. The minimum Gasteiger partial charge on any atom is -0.496 e. The lowest BCUT2D eigenvalue weighted by atomic mass is 10.2. The molecule has 0 aliphatic heterocycles. The van der Waals surface area contributed by atoms with Crippen molar-refractivity contribution < 1.29 is 17.9 Å². The maximum Gasteiger partial charge on any atom is 0.243 e. The van der Waals surface area contributed by atoms with E-state index >= 15 is 0 Å². The van der Waals surface area contributed by atoms with Crippen LogP contribution in [-0.4, -0.2) is 33.7 Å². The van der Waals surface area contributed by atoms with E-state index in [0.717, 1.165) is 21.7 Å². The van der Waals surface area contributed by atoms with Gasteiger partial charge in [0.25, 0.3) is 0 Å². The summed E-state index contributed by atoms with van der Waals surface area (Å²) < 4.78 is 30.9. The average Bonchev–Trinajstić information content (AvgIpc) is 2.60. The molecule has 0 unspecified atom stereocenters. The maximum absolute atomic E-state index is 12.6. The number of hydrogen-bond donors (Lipinski definition) is 1. The highest BCUT2D eigenvalue weighted by molar-refractivity contribution is 7.92. The van der Waals surface area contributed by atoms with E-state index in [1.54, 1.807) is 32.2 Å². The Bertz CT molecular complexity index is 863. The topological polar surface area (TPSA) is 75.7 Å². The highest BCUT2D eigenvalue weighted by Gasteiger charge is 2.29. The molecule has 26 heavy (non-hydrogen) atoms. The first-order chi connectivity index (χ1) is 12.2. The van der Waals surface area contributed by atoms with Crippen LogP contribution in [-0.2, 0) is 21.4 Å². The third-order valence-corrected chi connectivity index (χ3v) is 5.26. The Morgan fingerprint density at radius 1 is 1.15 bits per heavy atom. The third-order valence-electron chi connectivity index (χ3n) is 4.02. The first-order valence-electron chi connectivity index (χ1n) is 8.19. The van der Waals surface area contributed by atoms with Crippen LogP contribution in [0.1, 0.15) is 18.1 Å². The number of aryl methyl sites for hydroxylation is 1. The molecule has 2 aromatic carbocycles. The highest BCUT2D eigenvalue weighted by atomic mass is 32.2. The molecule has 0 saturated carbocycles. The fourth-order valence-corrected chi connectivity index (χ4v) is 3.85. The standard InChI is InChI=1S/C19H24N2O4S/c1-14-9-11-17(12-10-14)21(26(4,23)24)15(2)19(22)20-13-16-7-5-6-8-18(16)25-3/h5-12,15H,13H2,1-4H3,(H,20,22)/t15-/m0/s1. The van der Waals surface area contributed by atoms with Crippen LogP contribution >= 0.6 is 0 Å². The molecule has 0 aliphatic carbocycles. The lowest BCUT2D eigenvalue weighted by Gasteiger charge is -2.28. The van der Waals surface area contributed by atoms with Crippen LogP contribution < -0.4 is 14.4 Å². The molecule has 1 atom stereocenters. The van der Waals surface area contributed by atoms with Crippen LogP contribution in [0.3, 0.4) is 0 Å². The first-order valence-corrected chi connectivity index (χ1v) is 10.0. The Hall–Kier alpha value is -2.54. The summed E-state index contributed by atoms with van der Waals surface area (Å²) in [5, 5.41) is 2.78. The fraction of sp³-hybridized carbons (Fsp3) is 0.316. The zero-order valence-electron chi connectivity index (χ0n) is 15.4. The van der Waals surface area contributed by atoms with Crippen molar-refractivity contribution in [2.24, 2.45) is 0 Å². The van der Waals surface area contributed by atoms with E-state index in [1.807, 2.05) is 37.3 Å². The molecular formula is C19H24N2O4S. The number of benzene rings is 2. The molecule has 1 amide bonds. The number of para-hydroxylation sites is 1. The van der Waals surface area contributed by atoms with Crippen molar-refractivity contribution in [1.29, 1.82) is 0 Å². The summed E-state index contributed by atoms with van der Waals surface area (Å²) in [6.45, 7) is 3.73. The molecule has 0 radical (unpaired) electrons. The Labute approximate surface area is 154 Å². The Balaban J connectivity index is 2.18. The number of carbonyl (C=O) groups is 1. The van der Waals surface area contributed by atoms with Crippen LogP contribution in [0.25, 0.3) is 0 Å². The molecule has 2 rings (SSSR count). The summed E-state index contributed by atoms with van der Waals surface area (Å²) in [7, 11) is -2.06. The second kappa shape index (κ2) is 8.23. The van der Waals surface area contributed by atoms with E-state index in [1.165, 1.54) is 0 Å². The number of carbonyl (C=O) groups excluding carboxylic acids is 1. The molecule has 7 heteroatoms. The number of ether oxygens (including phenoxy) is 1. The van der Waals surface area contributed by atoms with Gasteiger partial charge in [0, 0.05) is 12.1 Å². The Morgan fingerprint density at radius 2 is 1.77 bits per heavy atom. The normalized spacial score (nSPS) is 12.3. The zero-order chi connectivity index (χ0) is 19.3. The van der Waals surface area contributed by atoms with Gasteiger partial charge in [-0.2, -0.15) is 0 Å². The van der Waals surface area contributed by atoms with E-state index < -0.39 is 16.1 Å². The molecule has 2 aromatic rings. The third kappa shape index (κ3) is 4.76. The lowest BCUT2D eigenvalue weighted by Crippen LogP contribution is -2.47. The summed E-state index contributed by atoms with van der Waals surface area (Å²) >= 11 is 0. The SMILES string of the molecule is COc1ccccc1CNC(=O)[C@H](C)N(c1ccc(C)cc1)S(C)(=O)=O. The molecule has 1 N–H and O–H groups in total.